The van der Waals surface area contributed by atoms with E-state index in [9.17, 15) is 4.79 Å². The molecule has 1 fully saturated rings. The van der Waals surface area contributed by atoms with Gasteiger partial charge in [-0.05, 0) is 36.9 Å². The van der Waals surface area contributed by atoms with Gasteiger partial charge in [0.2, 0.25) is 0 Å². The SMILES string of the molecule is CN1CCN(c2ccc(Nc3nc(Cc4ccccc4)n4ccnc4c3C(N)=O)cc2)CC1. The quantitative estimate of drug-likeness (QED) is 0.478. The summed E-state index contributed by atoms with van der Waals surface area (Å²) in [4.78, 5) is 26.3. The fraction of sp³-hybridized carbons (Fsp3) is 0.240. The van der Waals surface area contributed by atoms with Crippen molar-refractivity contribution in [3.63, 3.8) is 0 Å². The number of benzene rings is 2. The van der Waals surface area contributed by atoms with E-state index in [1.54, 1.807) is 6.20 Å². The Morgan fingerprint density at radius 1 is 1.03 bits per heavy atom. The van der Waals surface area contributed by atoms with Crippen molar-refractivity contribution in [1.82, 2.24) is 19.3 Å². The van der Waals surface area contributed by atoms with Gasteiger partial charge in [-0.25, -0.2) is 9.97 Å². The highest BCUT2D eigenvalue weighted by atomic mass is 16.1. The Morgan fingerprint density at radius 3 is 2.45 bits per heavy atom. The molecule has 3 N–H and O–H groups in total. The van der Waals surface area contributed by atoms with Crippen LogP contribution in [0.15, 0.2) is 67.0 Å². The largest absolute Gasteiger partial charge is 0.369 e. The molecule has 168 valence electrons. The molecule has 0 atom stereocenters. The highest BCUT2D eigenvalue weighted by molar-refractivity contribution is 6.04. The Hall–Kier alpha value is -3.91. The van der Waals surface area contributed by atoms with Crippen LogP contribution in [0.3, 0.4) is 0 Å². The molecule has 4 aromatic rings. The van der Waals surface area contributed by atoms with Crippen LogP contribution in [0.4, 0.5) is 17.2 Å². The number of carbonyl (C=O) groups is 1. The van der Waals surface area contributed by atoms with Crippen LogP contribution >= 0.6 is 0 Å². The number of nitrogens with two attached hydrogens (primary N) is 1. The highest BCUT2D eigenvalue weighted by Gasteiger charge is 2.20. The first-order valence-electron chi connectivity index (χ1n) is 11.1. The van der Waals surface area contributed by atoms with E-state index >= 15 is 0 Å². The topological polar surface area (TPSA) is 91.8 Å². The standard InChI is InChI=1S/C25H27N7O/c1-30-13-15-31(16-14-30)20-9-7-19(8-10-20)28-24-22(23(26)33)25-27-11-12-32(25)21(29-24)17-18-5-3-2-4-6-18/h2-12,28H,13-17H2,1H3,(H2,26,33). The molecule has 5 rings (SSSR count). The molecule has 0 aliphatic carbocycles. The second kappa shape index (κ2) is 8.91. The molecule has 1 aliphatic rings. The normalized spacial score (nSPS) is 14.5. The second-order valence-electron chi connectivity index (χ2n) is 8.36. The third-order valence-electron chi connectivity index (χ3n) is 6.07. The minimum absolute atomic E-state index is 0.278. The molecule has 0 radical (unpaired) electrons. The third-order valence-corrected chi connectivity index (χ3v) is 6.07. The fourth-order valence-electron chi connectivity index (χ4n) is 4.22. The molecular formula is C25H27N7O. The number of amides is 1. The van der Waals surface area contributed by atoms with Gasteiger partial charge in [-0.2, -0.15) is 0 Å². The molecule has 1 saturated heterocycles. The maximum Gasteiger partial charge on any atom is 0.256 e. The van der Waals surface area contributed by atoms with E-state index in [-0.39, 0.29) is 5.56 Å². The summed E-state index contributed by atoms with van der Waals surface area (Å²) in [5.41, 5.74) is 9.67. The zero-order valence-electron chi connectivity index (χ0n) is 18.6. The van der Waals surface area contributed by atoms with Crippen LogP contribution in [0.25, 0.3) is 5.65 Å². The molecular weight excluding hydrogens is 414 g/mol. The average Bonchev–Trinajstić information content (AvgIpc) is 3.31. The summed E-state index contributed by atoms with van der Waals surface area (Å²) in [7, 11) is 2.15. The number of anilines is 3. The van der Waals surface area contributed by atoms with E-state index in [1.165, 1.54) is 5.69 Å². The van der Waals surface area contributed by atoms with Crippen molar-refractivity contribution in [1.29, 1.82) is 0 Å². The number of piperazine rings is 1. The van der Waals surface area contributed by atoms with Crippen molar-refractivity contribution < 1.29 is 4.79 Å². The summed E-state index contributed by atoms with van der Waals surface area (Å²) in [6.07, 6.45) is 4.07. The van der Waals surface area contributed by atoms with Crippen LogP contribution in [0.5, 0.6) is 0 Å². The van der Waals surface area contributed by atoms with Gasteiger partial charge in [0, 0.05) is 56.4 Å². The highest BCUT2D eigenvalue weighted by Crippen LogP contribution is 2.26. The first kappa shape index (κ1) is 21.0. The predicted molar refractivity (Wildman–Crippen MR) is 130 cm³/mol. The van der Waals surface area contributed by atoms with E-state index < -0.39 is 5.91 Å². The lowest BCUT2D eigenvalue weighted by Gasteiger charge is -2.34. The zero-order chi connectivity index (χ0) is 22.8. The Bertz CT molecular complexity index is 1260. The van der Waals surface area contributed by atoms with Crippen LogP contribution in [0.2, 0.25) is 0 Å². The number of rotatable bonds is 6. The van der Waals surface area contributed by atoms with E-state index in [0.717, 1.165) is 43.3 Å². The van der Waals surface area contributed by atoms with Crippen molar-refractivity contribution in [3.05, 3.63) is 83.9 Å². The molecule has 0 bridgehead atoms. The van der Waals surface area contributed by atoms with Gasteiger partial charge in [0.15, 0.2) is 5.65 Å². The molecule has 0 saturated carbocycles. The van der Waals surface area contributed by atoms with Crippen molar-refractivity contribution >= 4 is 28.7 Å². The van der Waals surface area contributed by atoms with Crippen LogP contribution in [-0.4, -0.2) is 58.4 Å². The van der Waals surface area contributed by atoms with Gasteiger partial charge < -0.3 is 20.9 Å². The van der Waals surface area contributed by atoms with Gasteiger partial charge >= 0.3 is 0 Å². The Kier molecular flexibility index (Phi) is 5.66. The summed E-state index contributed by atoms with van der Waals surface area (Å²) in [5.74, 6) is 0.622. The van der Waals surface area contributed by atoms with Gasteiger partial charge in [0.25, 0.3) is 5.91 Å². The summed E-state index contributed by atoms with van der Waals surface area (Å²) < 4.78 is 1.83. The number of carbonyl (C=O) groups excluding carboxylic acids is 1. The van der Waals surface area contributed by atoms with Crippen molar-refractivity contribution in [2.24, 2.45) is 5.73 Å². The van der Waals surface area contributed by atoms with Crippen molar-refractivity contribution in [2.45, 2.75) is 6.42 Å². The molecule has 0 unspecified atom stereocenters. The number of nitrogens with zero attached hydrogens (tertiary/aromatic N) is 5. The monoisotopic (exact) mass is 441 g/mol. The first-order valence-corrected chi connectivity index (χ1v) is 11.1. The van der Waals surface area contributed by atoms with Gasteiger partial charge in [-0.3, -0.25) is 9.20 Å². The van der Waals surface area contributed by atoms with Gasteiger partial charge in [-0.1, -0.05) is 30.3 Å². The molecule has 33 heavy (non-hydrogen) atoms. The molecule has 8 nitrogen and oxygen atoms in total. The summed E-state index contributed by atoms with van der Waals surface area (Å²) in [6, 6.07) is 18.3. The molecule has 2 aromatic carbocycles. The maximum atomic E-state index is 12.4. The Morgan fingerprint density at radius 2 is 1.76 bits per heavy atom. The molecule has 0 spiro atoms. The number of aromatic nitrogens is 3. The van der Waals surface area contributed by atoms with E-state index in [1.807, 2.05) is 40.9 Å². The lowest BCUT2D eigenvalue weighted by molar-refractivity contribution is 0.100. The Balaban J connectivity index is 1.47. The second-order valence-corrected chi connectivity index (χ2v) is 8.36. The average molecular weight is 442 g/mol. The van der Waals surface area contributed by atoms with Crippen molar-refractivity contribution in [2.75, 3.05) is 43.4 Å². The molecule has 3 heterocycles. The first-order chi connectivity index (χ1) is 16.1. The maximum absolute atomic E-state index is 12.4. The van der Waals surface area contributed by atoms with E-state index in [0.29, 0.717) is 17.9 Å². The van der Waals surface area contributed by atoms with Crippen LogP contribution in [0.1, 0.15) is 21.7 Å². The van der Waals surface area contributed by atoms with Crippen LogP contribution < -0.4 is 16.0 Å². The van der Waals surface area contributed by atoms with Gasteiger partial charge in [-0.15, -0.1) is 0 Å². The lowest BCUT2D eigenvalue weighted by Crippen LogP contribution is -2.44. The number of hydrogen-bond donors (Lipinski definition) is 2. The number of fused-ring (bicyclic) bond motifs is 1. The van der Waals surface area contributed by atoms with Crippen LogP contribution in [-0.2, 0) is 6.42 Å². The summed E-state index contributed by atoms with van der Waals surface area (Å²) in [5, 5.41) is 3.31. The smallest absolute Gasteiger partial charge is 0.256 e. The van der Waals surface area contributed by atoms with E-state index in [4.69, 9.17) is 10.7 Å². The Labute approximate surface area is 192 Å². The van der Waals surface area contributed by atoms with Gasteiger partial charge in [0.05, 0.1) is 0 Å². The molecule has 2 aromatic heterocycles. The zero-order valence-corrected chi connectivity index (χ0v) is 18.6. The lowest BCUT2D eigenvalue weighted by atomic mass is 10.1. The van der Waals surface area contributed by atoms with Gasteiger partial charge in [0.1, 0.15) is 17.2 Å². The number of imidazole rings is 1. The fourth-order valence-corrected chi connectivity index (χ4v) is 4.22. The molecule has 1 aliphatic heterocycles. The number of likely N-dealkylation sites (N-methyl/N-ethyl adjacent to an activating group) is 1. The number of hydrogen-bond acceptors (Lipinski definition) is 6. The summed E-state index contributed by atoms with van der Waals surface area (Å²) in [6.45, 7) is 4.13. The van der Waals surface area contributed by atoms with Crippen molar-refractivity contribution in [3.8, 4) is 0 Å². The number of primary amides is 1. The minimum atomic E-state index is -0.568. The number of nitrogens with one attached hydrogen (secondary N) is 1. The van der Waals surface area contributed by atoms with E-state index in [2.05, 4.69) is 51.4 Å². The minimum Gasteiger partial charge on any atom is -0.369 e. The molecule has 1 amide bonds. The summed E-state index contributed by atoms with van der Waals surface area (Å²) >= 11 is 0. The third kappa shape index (κ3) is 4.38. The molecule has 8 heteroatoms. The predicted octanol–water partition coefficient (Wildman–Crippen LogP) is 2.91. The van der Waals surface area contributed by atoms with Crippen LogP contribution in [0, 0.1) is 0 Å².